The van der Waals surface area contributed by atoms with Crippen molar-refractivity contribution in [2.45, 2.75) is 44.8 Å². The molecule has 4 nitrogen and oxygen atoms in total. The summed E-state index contributed by atoms with van der Waals surface area (Å²) in [5.74, 6) is 0. The predicted molar refractivity (Wildman–Crippen MR) is 96.1 cm³/mol. The van der Waals surface area contributed by atoms with E-state index in [0.29, 0.717) is 6.54 Å². The SMILES string of the molecule is CCC12CCc3c(c4ccccc4n3C)CCN(CC(O)C1O)C2. The first-order chi connectivity index (χ1) is 11.6. The highest BCUT2D eigenvalue weighted by atomic mass is 16.3. The van der Waals surface area contributed by atoms with Gasteiger partial charge in [-0.2, -0.15) is 0 Å². The Morgan fingerprint density at radius 3 is 2.79 bits per heavy atom. The number of benzene rings is 1. The van der Waals surface area contributed by atoms with Gasteiger partial charge in [-0.3, -0.25) is 4.90 Å². The van der Waals surface area contributed by atoms with Crippen LogP contribution in [-0.2, 0) is 19.9 Å². The summed E-state index contributed by atoms with van der Waals surface area (Å²) in [6, 6.07) is 8.65. The van der Waals surface area contributed by atoms with Gasteiger partial charge in [0.2, 0.25) is 0 Å². The number of nitrogens with zero attached hydrogens (tertiary/aromatic N) is 2. The van der Waals surface area contributed by atoms with Gasteiger partial charge in [0.25, 0.3) is 0 Å². The normalized spacial score (nSPS) is 33.6. The molecular weight excluding hydrogens is 300 g/mol. The molecule has 1 aromatic heterocycles. The summed E-state index contributed by atoms with van der Waals surface area (Å²) in [5.41, 5.74) is 3.96. The van der Waals surface area contributed by atoms with E-state index in [1.165, 1.54) is 22.2 Å². The van der Waals surface area contributed by atoms with E-state index in [-0.39, 0.29) is 5.41 Å². The molecule has 0 amide bonds. The van der Waals surface area contributed by atoms with E-state index in [4.69, 9.17) is 0 Å². The quantitative estimate of drug-likeness (QED) is 0.843. The van der Waals surface area contributed by atoms with Gasteiger partial charge in [-0.05, 0) is 37.3 Å². The van der Waals surface area contributed by atoms with E-state index >= 15 is 0 Å². The lowest BCUT2D eigenvalue weighted by atomic mass is 9.71. The van der Waals surface area contributed by atoms with Crippen LogP contribution in [0.3, 0.4) is 0 Å². The van der Waals surface area contributed by atoms with Gasteiger partial charge in [-0.25, -0.2) is 0 Å². The molecule has 0 radical (unpaired) electrons. The highest BCUT2D eigenvalue weighted by molar-refractivity contribution is 5.85. The molecule has 1 saturated heterocycles. The zero-order valence-electron chi connectivity index (χ0n) is 14.7. The van der Waals surface area contributed by atoms with Crippen LogP contribution in [-0.4, -0.2) is 51.5 Å². The number of hydrogen-bond acceptors (Lipinski definition) is 3. The number of para-hydroxylation sites is 1. The standard InChI is InChI=1S/C20H28N2O2/c1-3-20-10-8-17-15(14-6-4-5-7-16(14)21(17)2)9-11-22(13-20)12-18(23)19(20)24/h4-7,18-19,23-24H,3,8-13H2,1-2H3. The Morgan fingerprint density at radius 1 is 1.21 bits per heavy atom. The van der Waals surface area contributed by atoms with Crippen LogP contribution < -0.4 is 0 Å². The van der Waals surface area contributed by atoms with E-state index in [9.17, 15) is 10.2 Å². The second-order valence-electron chi connectivity index (χ2n) is 7.71. The third-order valence-electron chi connectivity index (χ3n) is 6.56. The molecule has 4 atom stereocenters. The molecule has 1 fully saturated rings. The van der Waals surface area contributed by atoms with Gasteiger partial charge in [0, 0.05) is 48.7 Å². The van der Waals surface area contributed by atoms with Crippen LogP contribution in [0.25, 0.3) is 10.9 Å². The zero-order valence-corrected chi connectivity index (χ0v) is 14.7. The number of aliphatic hydroxyl groups is 2. The second kappa shape index (κ2) is 5.87. The number of aromatic nitrogens is 1. The van der Waals surface area contributed by atoms with Gasteiger partial charge in [0.1, 0.15) is 0 Å². The largest absolute Gasteiger partial charge is 0.390 e. The zero-order chi connectivity index (χ0) is 16.9. The minimum Gasteiger partial charge on any atom is -0.390 e. The van der Waals surface area contributed by atoms with Crippen molar-refractivity contribution in [1.82, 2.24) is 9.47 Å². The smallest absolute Gasteiger partial charge is 0.0931 e. The van der Waals surface area contributed by atoms with Crippen molar-refractivity contribution in [1.29, 1.82) is 0 Å². The third kappa shape index (κ3) is 2.32. The lowest BCUT2D eigenvalue weighted by Crippen LogP contribution is -2.59. The summed E-state index contributed by atoms with van der Waals surface area (Å²) >= 11 is 0. The average Bonchev–Trinajstić information content (AvgIpc) is 2.89. The predicted octanol–water partition coefficient (Wildman–Crippen LogP) is 2.10. The number of rotatable bonds is 1. The molecule has 3 heterocycles. The fourth-order valence-electron chi connectivity index (χ4n) is 5.03. The monoisotopic (exact) mass is 328 g/mol. The topological polar surface area (TPSA) is 48.6 Å². The minimum atomic E-state index is -0.628. The summed E-state index contributed by atoms with van der Waals surface area (Å²) in [6.07, 6.45) is 2.56. The van der Waals surface area contributed by atoms with Crippen LogP contribution in [0.2, 0.25) is 0 Å². The molecule has 4 unspecified atom stereocenters. The second-order valence-corrected chi connectivity index (χ2v) is 7.71. The fraction of sp³-hybridized carbons (Fsp3) is 0.600. The molecule has 24 heavy (non-hydrogen) atoms. The molecule has 0 saturated carbocycles. The van der Waals surface area contributed by atoms with E-state index in [2.05, 4.69) is 47.7 Å². The number of fused-ring (bicyclic) bond motifs is 5. The average molecular weight is 328 g/mol. The number of piperidine rings is 1. The first kappa shape index (κ1) is 16.1. The van der Waals surface area contributed by atoms with E-state index in [1.807, 2.05) is 0 Å². The van der Waals surface area contributed by atoms with Crippen LogP contribution in [0.1, 0.15) is 31.0 Å². The summed E-state index contributed by atoms with van der Waals surface area (Å²) < 4.78 is 2.33. The molecule has 2 N–H and O–H groups in total. The van der Waals surface area contributed by atoms with Crippen molar-refractivity contribution < 1.29 is 10.2 Å². The third-order valence-corrected chi connectivity index (χ3v) is 6.56. The first-order valence-electron chi connectivity index (χ1n) is 9.19. The van der Waals surface area contributed by atoms with Crippen LogP contribution in [0.4, 0.5) is 0 Å². The number of aryl methyl sites for hydroxylation is 1. The minimum absolute atomic E-state index is 0.199. The number of aliphatic hydroxyl groups excluding tert-OH is 2. The van der Waals surface area contributed by atoms with Crippen molar-refractivity contribution in [2.75, 3.05) is 19.6 Å². The van der Waals surface area contributed by atoms with Crippen molar-refractivity contribution in [3.05, 3.63) is 35.5 Å². The summed E-state index contributed by atoms with van der Waals surface area (Å²) in [5, 5.41) is 22.5. The Bertz CT molecular complexity index is 753. The molecule has 4 rings (SSSR count). The van der Waals surface area contributed by atoms with Crippen LogP contribution in [0.5, 0.6) is 0 Å². The van der Waals surface area contributed by atoms with E-state index in [1.54, 1.807) is 0 Å². The van der Waals surface area contributed by atoms with Gasteiger partial charge >= 0.3 is 0 Å². The Balaban J connectivity index is 1.80. The van der Waals surface area contributed by atoms with Gasteiger partial charge in [-0.1, -0.05) is 25.1 Å². The molecule has 0 aliphatic carbocycles. The maximum Gasteiger partial charge on any atom is 0.0931 e. The van der Waals surface area contributed by atoms with E-state index < -0.39 is 12.2 Å². The molecule has 0 spiro atoms. The molecule has 1 aromatic carbocycles. The maximum absolute atomic E-state index is 10.7. The number of hydrogen-bond donors (Lipinski definition) is 2. The van der Waals surface area contributed by atoms with Gasteiger partial charge in [-0.15, -0.1) is 0 Å². The highest BCUT2D eigenvalue weighted by Crippen LogP contribution is 2.40. The first-order valence-corrected chi connectivity index (χ1v) is 9.19. The molecule has 2 aliphatic heterocycles. The molecule has 2 aromatic rings. The molecular formula is C20H28N2O2. The van der Waals surface area contributed by atoms with Crippen LogP contribution in [0.15, 0.2) is 24.3 Å². The molecule has 2 aliphatic rings. The van der Waals surface area contributed by atoms with Crippen molar-refractivity contribution in [3.63, 3.8) is 0 Å². The van der Waals surface area contributed by atoms with Gasteiger partial charge in [0.05, 0.1) is 12.2 Å². The van der Waals surface area contributed by atoms with Crippen LogP contribution in [0, 0.1) is 5.41 Å². The Morgan fingerprint density at radius 2 is 2.00 bits per heavy atom. The molecule has 2 bridgehead atoms. The molecule has 4 heteroatoms. The van der Waals surface area contributed by atoms with Gasteiger partial charge < -0.3 is 14.8 Å². The molecule has 130 valence electrons. The van der Waals surface area contributed by atoms with Crippen molar-refractivity contribution in [3.8, 4) is 0 Å². The van der Waals surface area contributed by atoms with Crippen LogP contribution >= 0.6 is 0 Å². The Kier molecular flexibility index (Phi) is 3.94. The maximum atomic E-state index is 10.7. The highest BCUT2D eigenvalue weighted by Gasteiger charge is 2.46. The van der Waals surface area contributed by atoms with Crippen molar-refractivity contribution in [2.24, 2.45) is 12.5 Å². The van der Waals surface area contributed by atoms with Crippen molar-refractivity contribution >= 4 is 10.9 Å². The summed E-state index contributed by atoms with van der Waals surface area (Å²) in [7, 11) is 2.16. The summed E-state index contributed by atoms with van der Waals surface area (Å²) in [4.78, 5) is 2.36. The Hall–Kier alpha value is -1.36. The lowest BCUT2D eigenvalue weighted by molar-refractivity contribution is -0.127. The van der Waals surface area contributed by atoms with E-state index in [0.717, 1.165) is 38.8 Å². The fourth-order valence-corrected chi connectivity index (χ4v) is 5.03. The summed E-state index contributed by atoms with van der Waals surface area (Å²) in [6.45, 7) is 4.59. The Labute approximate surface area is 143 Å². The lowest BCUT2D eigenvalue weighted by Gasteiger charge is -2.48. The van der Waals surface area contributed by atoms with Gasteiger partial charge in [0.15, 0.2) is 0 Å².